The maximum absolute atomic E-state index is 13.1. The zero-order valence-electron chi connectivity index (χ0n) is 16.7. The van der Waals surface area contributed by atoms with Crippen molar-refractivity contribution >= 4 is 46.1 Å². The van der Waals surface area contributed by atoms with Crippen molar-refractivity contribution in [2.45, 2.75) is 59.0 Å². The quantitative estimate of drug-likeness (QED) is 0.361. The van der Waals surface area contributed by atoms with Crippen LogP contribution in [0.15, 0.2) is 12.2 Å². The van der Waals surface area contributed by atoms with Crippen molar-refractivity contribution in [3.8, 4) is 0 Å². The maximum Gasteiger partial charge on any atom is 0.303 e. The molecule has 7 nitrogen and oxygen atoms in total. The SMILES string of the molecule is CC(=O)OC[C@H]1O[C@@H]([C@H](C)C(=O)N2C(=S)SC[C@H]2C(C)C)C=C[C@@H]1OC(C)=O. The molecule has 1 amide bonds. The molecule has 1 saturated heterocycles. The minimum atomic E-state index is -0.682. The third-order valence-corrected chi connectivity index (χ3v) is 6.24. The van der Waals surface area contributed by atoms with Gasteiger partial charge in [-0.1, -0.05) is 50.8 Å². The molecule has 0 radical (unpaired) electrons. The Bertz CT molecular complexity index is 665. The molecular formula is C19H27NO6S2. The second kappa shape index (κ2) is 9.84. The second-order valence-electron chi connectivity index (χ2n) is 7.29. The summed E-state index contributed by atoms with van der Waals surface area (Å²) < 4.78 is 16.8. The van der Waals surface area contributed by atoms with E-state index in [0.29, 0.717) is 4.32 Å². The van der Waals surface area contributed by atoms with Crippen LogP contribution in [0.3, 0.4) is 0 Å². The molecule has 0 spiro atoms. The summed E-state index contributed by atoms with van der Waals surface area (Å²) >= 11 is 6.90. The number of thioether (sulfide) groups is 1. The molecule has 28 heavy (non-hydrogen) atoms. The van der Waals surface area contributed by atoms with Crippen LogP contribution in [0.1, 0.15) is 34.6 Å². The van der Waals surface area contributed by atoms with Crippen molar-refractivity contribution in [1.82, 2.24) is 4.90 Å². The van der Waals surface area contributed by atoms with Gasteiger partial charge in [0.15, 0.2) is 0 Å². The summed E-state index contributed by atoms with van der Waals surface area (Å²) in [6, 6.07) is 0.0608. The Morgan fingerprint density at radius 3 is 2.50 bits per heavy atom. The van der Waals surface area contributed by atoms with E-state index in [1.807, 2.05) is 0 Å². The van der Waals surface area contributed by atoms with E-state index in [0.717, 1.165) is 5.75 Å². The molecule has 0 unspecified atom stereocenters. The molecule has 5 atom stereocenters. The van der Waals surface area contributed by atoms with E-state index in [4.69, 9.17) is 26.4 Å². The van der Waals surface area contributed by atoms with Crippen molar-refractivity contribution in [3.63, 3.8) is 0 Å². The number of rotatable bonds is 6. The fraction of sp³-hybridized carbons (Fsp3) is 0.684. The summed E-state index contributed by atoms with van der Waals surface area (Å²) in [6.45, 7) is 8.45. The van der Waals surface area contributed by atoms with Crippen molar-refractivity contribution in [1.29, 1.82) is 0 Å². The molecule has 1 fully saturated rings. The summed E-state index contributed by atoms with van der Waals surface area (Å²) in [5, 5.41) is 0. The Morgan fingerprint density at radius 2 is 1.93 bits per heavy atom. The molecule has 2 aliphatic heterocycles. The van der Waals surface area contributed by atoms with E-state index < -0.39 is 36.2 Å². The van der Waals surface area contributed by atoms with Crippen LogP contribution in [-0.2, 0) is 28.6 Å². The van der Waals surface area contributed by atoms with Crippen LogP contribution in [0.25, 0.3) is 0 Å². The highest BCUT2D eigenvalue weighted by molar-refractivity contribution is 8.23. The first-order chi connectivity index (χ1) is 13.1. The Hall–Kier alpha value is -1.45. The number of hydrogen-bond acceptors (Lipinski definition) is 8. The maximum atomic E-state index is 13.1. The Morgan fingerprint density at radius 1 is 1.25 bits per heavy atom. The number of amides is 1. The predicted molar refractivity (Wildman–Crippen MR) is 110 cm³/mol. The summed E-state index contributed by atoms with van der Waals surface area (Å²) in [5.74, 6) is -0.433. The van der Waals surface area contributed by atoms with Gasteiger partial charge in [-0.15, -0.1) is 0 Å². The molecule has 9 heteroatoms. The molecule has 2 aliphatic rings. The number of carbonyl (C=O) groups is 3. The van der Waals surface area contributed by atoms with E-state index in [1.165, 1.54) is 25.6 Å². The molecule has 156 valence electrons. The number of ether oxygens (including phenoxy) is 3. The van der Waals surface area contributed by atoms with Gasteiger partial charge in [0.2, 0.25) is 5.91 Å². The lowest BCUT2D eigenvalue weighted by Crippen LogP contribution is -2.49. The molecule has 0 saturated carbocycles. The first kappa shape index (κ1) is 22.8. The van der Waals surface area contributed by atoms with Crippen LogP contribution in [0.5, 0.6) is 0 Å². The number of hydrogen-bond donors (Lipinski definition) is 0. The molecule has 2 heterocycles. The zero-order chi connectivity index (χ0) is 21.0. The molecule has 0 aromatic rings. The van der Waals surface area contributed by atoms with Crippen molar-refractivity contribution in [3.05, 3.63) is 12.2 Å². The fourth-order valence-electron chi connectivity index (χ4n) is 3.13. The fourth-order valence-corrected chi connectivity index (χ4v) is 4.77. The molecule has 0 bridgehead atoms. The van der Waals surface area contributed by atoms with E-state index >= 15 is 0 Å². The predicted octanol–water partition coefficient (Wildman–Crippen LogP) is 2.33. The molecule has 0 aromatic heterocycles. The Labute approximate surface area is 175 Å². The molecule has 0 aromatic carbocycles. The van der Waals surface area contributed by atoms with Crippen LogP contribution < -0.4 is 0 Å². The first-order valence-electron chi connectivity index (χ1n) is 9.26. The number of carbonyl (C=O) groups excluding carboxylic acids is 3. The molecular weight excluding hydrogens is 402 g/mol. The minimum absolute atomic E-state index is 0.0608. The zero-order valence-corrected chi connectivity index (χ0v) is 18.4. The average molecular weight is 430 g/mol. The van der Waals surface area contributed by atoms with E-state index in [9.17, 15) is 14.4 Å². The van der Waals surface area contributed by atoms with E-state index in [2.05, 4.69) is 13.8 Å². The summed E-state index contributed by atoms with van der Waals surface area (Å²) in [7, 11) is 0. The molecule has 2 rings (SSSR count). The Balaban J connectivity index is 2.14. The lowest BCUT2D eigenvalue weighted by molar-refractivity contribution is -0.168. The minimum Gasteiger partial charge on any atom is -0.463 e. The summed E-state index contributed by atoms with van der Waals surface area (Å²) in [6.07, 6.45) is 1.50. The highest BCUT2D eigenvalue weighted by atomic mass is 32.2. The van der Waals surface area contributed by atoms with Gasteiger partial charge in [0.25, 0.3) is 0 Å². The summed E-state index contributed by atoms with van der Waals surface area (Å²) in [5.41, 5.74) is 0. The van der Waals surface area contributed by atoms with Gasteiger partial charge in [0, 0.05) is 25.6 Å². The monoisotopic (exact) mass is 429 g/mol. The highest BCUT2D eigenvalue weighted by Crippen LogP contribution is 2.32. The van der Waals surface area contributed by atoms with Crippen molar-refractivity contribution < 1.29 is 28.6 Å². The van der Waals surface area contributed by atoms with Gasteiger partial charge in [-0.25, -0.2) is 0 Å². The first-order valence-corrected chi connectivity index (χ1v) is 10.6. The lowest BCUT2D eigenvalue weighted by atomic mass is 9.96. The smallest absolute Gasteiger partial charge is 0.303 e. The molecule has 0 N–H and O–H groups in total. The largest absolute Gasteiger partial charge is 0.463 e. The van der Waals surface area contributed by atoms with E-state index in [-0.39, 0.29) is 24.5 Å². The van der Waals surface area contributed by atoms with Gasteiger partial charge in [-0.05, 0) is 12.0 Å². The lowest BCUT2D eigenvalue weighted by Gasteiger charge is -2.36. The normalized spacial score (nSPS) is 28.4. The topological polar surface area (TPSA) is 82.1 Å². The number of thiocarbonyl (C=S) groups is 1. The van der Waals surface area contributed by atoms with Crippen LogP contribution >= 0.6 is 24.0 Å². The average Bonchev–Trinajstić information content (AvgIpc) is 3.00. The van der Waals surface area contributed by atoms with Crippen molar-refractivity contribution in [2.24, 2.45) is 11.8 Å². The van der Waals surface area contributed by atoms with Gasteiger partial charge in [-0.2, -0.15) is 0 Å². The van der Waals surface area contributed by atoms with Crippen LogP contribution in [-0.4, -0.2) is 63.8 Å². The van der Waals surface area contributed by atoms with Crippen LogP contribution in [0, 0.1) is 11.8 Å². The van der Waals surface area contributed by atoms with Gasteiger partial charge in [-0.3, -0.25) is 19.3 Å². The van der Waals surface area contributed by atoms with Gasteiger partial charge in [0.1, 0.15) is 23.1 Å². The van der Waals surface area contributed by atoms with Crippen LogP contribution in [0.4, 0.5) is 0 Å². The third-order valence-electron chi connectivity index (χ3n) is 4.74. The Kier molecular flexibility index (Phi) is 8.03. The third kappa shape index (κ3) is 5.55. The highest BCUT2D eigenvalue weighted by Gasteiger charge is 2.41. The van der Waals surface area contributed by atoms with Crippen molar-refractivity contribution in [2.75, 3.05) is 12.4 Å². The van der Waals surface area contributed by atoms with E-state index in [1.54, 1.807) is 24.0 Å². The second-order valence-corrected chi connectivity index (χ2v) is 8.94. The van der Waals surface area contributed by atoms with Gasteiger partial charge >= 0.3 is 11.9 Å². The standard InChI is InChI=1S/C19H27NO6S2/c1-10(2)14-9-28-19(27)20(14)18(23)11(3)15-6-7-16(25-13(5)22)17(26-15)8-24-12(4)21/h6-7,10-11,14-17H,8-9H2,1-5H3/t11-,14-,15+,16-,17+/m0/s1. The number of nitrogens with zero attached hydrogens (tertiary/aromatic N) is 1. The summed E-state index contributed by atoms with van der Waals surface area (Å²) in [4.78, 5) is 37.3. The van der Waals surface area contributed by atoms with Gasteiger partial charge < -0.3 is 14.2 Å². The van der Waals surface area contributed by atoms with Crippen LogP contribution in [0.2, 0.25) is 0 Å². The number of esters is 2. The van der Waals surface area contributed by atoms with Gasteiger partial charge in [0.05, 0.1) is 12.0 Å². The molecule has 0 aliphatic carbocycles.